The van der Waals surface area contributed by atoms with Crippen LogP contribution in [0.5, 0.6) is 0 Å². The number of benzene rings is 1. The van der Waals surface area contributed by atoms with Gasteiger partial charge in [-0.15, -0.1) is 0 Å². The van der Waals surface area contributed by atoms with Crippen molar-refractivity contribution in [1.29, 1.82) is 0 Å². The molecule has 0 aromatic heterocycles. The summed E-state index contributed by atoms with van der Waals surface area (Å²) in [7, 11) is 0. The zero-order valence-corrected chi connectivity index (χ0v) is 16.0. The molecule has 1 aromatic carbocycles. The molecule has 0 amide bonds. The predicted molar refractivity (Wildman–Crippen MR) is 97.7 cm³/mol. The summed E-state index contributed by atoms with van der Waals surface area (Å²) in [6.45, 7) is 7.57. The molecule has 6 heteroatoms. The van der Waals surface area contributed by atoms with Gasteiger partial charge in [0.05, 0.1) is 45.2 Å². The molecule has 0 radical (unpaired) electrons. The van der Waals surface area contributed by atoms with E-state index in [2.05, 4.69) is 26.0 Å². The molecule has 27 heavy (non-hydrogen) atoms. The number of hydrogen-bond donors (Lipinski definition) is 1. The Balaban J connectivity index is 0.000000153. The van der Waals surface area contributed by atoms with Gasteiger partial charge in [-0.3, -0.25) is 0 Å². The second kappa shape index (κ2) is 8.55. The van der Waals surface area contributed by atoms with E-state index in [1.54, 1.807) is 0 Å². The van der Waals surface area contributed by atoms with Crippen LogP contribution < -0.4 is 0 Å². The zero-order valence-electron chi connectivity index (χ0n) is 16.0. The summed E-state index contributed by atoms with van der Waals surface area (Å²) < 4.78 is 27.6. The second-order valence-electron chi connectivity index (χ2n) is 8.08. The summed E-state index contributed by atoms with van der Waals surface area (Å²) in [6, 6.07) is 10.3. The third-order valence-electron chi connectivity index (χ3n) is 6.03. The van der Waals surface area contributed by atoms with Crippen molar-refractivity contribution in [3.8, 4) is 0 Å². The Morgan fingerprint density at radius 2 is 1.44 bits per heavy atom. The molecule has 4 heterocycles. The number of ether oxygens (including phenoxy) is 5. The van der Waals surface area contributed by atoms with Crippen LogP contribution in [0.25, 0.3) is 0 Å². The molecule has 1 N–H and O–H groups in total. The maximum Gasteiger partial charge on any atom is 0.163 e. The third kappa shape index (κ3) is 4.21. The molecular formula is C21H30O6. The van der Waals surface area contributed by atoms with Gasteiger partial charge in [-0.2, -0.15) is 0 Å². The molecule has 4 saturated heterocycles. The Hall–Kier alpha value is -1.02. The lowest BCUT2D eigenvalue weighted by Gasteiger charge is -2.19. The van der Waals surface area contributed by atoms with Gasteiger partial charge in [0.25, 0.3) is 0 Å². The van der Waals surface area contributed by atoms with Crippen molar-refractivity contribution in [1.82, 2.24) is 0 Å². The van der Waals surface area contributed by atoms with E-state index in [1.807, 2.05) is 18.2 Å². The smallest absolute Gasteiger partial charge is 0.163 e. The minimum Gasteiger partial charge on any atom is -0.390 e. The maximum atomic E-state index is 9.36. The van der Waals surface area contributed by atoms with Crippen molar-refractivity contribution in [2.24, 2.45) is 23.7 Å². The van der Waals surface area contributed by atoms with Gasteiger partial charge in [-0.1, -0.05) is 44.2 Å². The van der Waals surface area contributed by atoms with Gasteiger partial charge in [-0.05, 0) is 17.4 Å². The van der Waals surface area contributed by atoms with E-state index in [4.69, 9.17) is 23.7 Å². The predicted octanol–water partition coefficient (Wildman–Crippen LogP) is 2.20. The van der Waals surface area contributed by atoms with Crippen LogP contribution in [0.1, 0.15) is 19.4 Å². The fourth-order valence-corrected chi connectivity index (χ4v) is 4.44. The first-order chi connectivity index (χ1) is 13.1. The first kappa shape index (κ1) is 19.3. The van der Waals surface area contributed by atoms with Crippen LogP contribution >= 0.6 is 0 Å². The zero-order chi connectivity index (χ0) is 18.8. The van der Waals surface area contributed by atoms with Crippen LogP contribution in [-0.4, -0.2) is 56.3 Å². The maximum absolute atomic E-state index is 9.36. The summed E-state index contributed by atoms with van der Waals surface area (Å²) >= 11 is 0. The molecule has 5 rings (SSSR count). The van der Waals surface area contributed by atoms with Gasteiger partial charge in [0.15, 0.2) is 12.6 Å². The lowest BCUT2D eigenvalue weighted by molar-refractivity contribution is -0.0912. The molecule has 1 aromatic rings. The van der Waals surface area contributed by atoms with Gasteiger partial charge in [0.1, 0.15) is 0 Å². The van der Waals surface area contributed by atoms with Gasteiger partial charge in [0.2, 0.25) is 0 Å². The SMILES string of the molecule is C[C@H]1CO[C@H]2OC[C@H](O)[C@H]21.C[C@H]1CO[C@H]2OC[C@H](OCc3ccccc3)[C@H]21. The fraction of sp³-hybridized carbons (Fsp3) is 0.714. The average molecular weight is 378 g/mol. The lowest BCUT2D eigenvalue weighted by atomic mass is 9.93. The minimum atomic E-state index is -0.303. The van der Waals surface area contributed by atoms with Crippen molar-refractivity contribution >= 4 is 0 Å². The first-order valence-electron chi connectivity index (χ1n) is 9.93. The highest BCUT2D eigenvalue weighted by molar-refractivity contribution is 5.13. The first-order valence-corrected chi connectivity index (χ1v) is 9.93. The largest absolute Gasteiger partial charge is 0.390 e. The number of hydrogen-bond acceptors (Lipinski definition) is 6. The van der Waals surface area contributed by atoms with E-state index in [0.717, 1.165) is 13.2 Å². The van der Waals surface area contributed by atoms with Crippen molar-refractivity contribution in [2.75, 3.05) is 26.4 Å². The van der Waals surface area contributed by atoms with Crippen LogP contribution in [0.3, 0.4) is 0 Å². The molecule has 6 nitrogen and oxygen atoms in total. The van der Waals surface area contributed by atoms with Crippen molar-refractivity contribution in [3.05, 3.63) is 35.9 Å². The van der Waals surface area contributed by atoms with Crippen LogP contribution in [-0.2, 0) is 30.3 Å². The number of aliphatic hydroxyl groups is 1. The van der Waals surface area contributed by atoms with Crippen molar-refractivity contribution in [3.63, 3.8) is 0 Å². The summed E-state index contributed by atoms with van der Waals surface area (Å²) in [4.78, 5) is 0. The average Bonchev–Trinajstić information content (AvgIpc) is 3.43. The molecule has 150 valence electrons. The molecule has 4 aliphatic heterocycles. The van der Waals surface area contributed by atoms with Crippen LogP contribution in [0, 0.1) is 23.7 Å². The summed E-state index contributed by atoms with van der Waals surface area (Å²) in [5.74, 6) is 1.60. The highest BCUT2D eigenvalue weighted by atomic mass is 16.7. The monoisotopic (exact) mass is 378 g/mol. The Kier molecular flexibility index (Phi) is 6.12. The number of fused-ring (bicyclic) bond motifs is 2. The molecule has 4 fully saturated rings. The van der Waals surface area contributed by atoms with E-state index in [9.17, 15) is 5.11 Å². The standard InChI is InChI=1S/C14H18O3.C7H12O3/c1-10-7-16-14-13(10)12(9-17-14)15-8-11-5-3-2-4-6-11;1-4-2-9-7-6(4)5(8)3-10-7/h2-6,10,12-14H,7-9H2,1H3;4-8H,2-3H2,1H3/t10-,12-,13+,14-;4-,5-,6+,7-/m00/s1. The molecule has 0 aliphatic carbocycles. The van der Waals surface area contributed by atoms with E-state index in [1.165, 1.54) is 5.56 Å². The Morgan fingerprint density at radius 3 is 2.15 bits per heavy atom. The van der Waals surface area contributed by atoms with Gasteiger partial charge < -0.3 is 28.8 Å². The summed E-state index contributed by atoms with van der Waals surface area (Å²) in [6.07, 6.45) is -0.282. The molecule has 0 saturated carbocycles. The second-order valence-corrected chi connectivity index (χ2v) is 8.08. The molecule has 0 bridgehead atoms. The number of rotatable bonds is 3. The van der Waals surface area contributed by atoms with Gasteiger partial charge >= 0.3 is 0 Å². The normalized spacial score (nSPS) is 42.5. The van der Waals surface area contributed by atoms with Crippen LogP contribution in [0.2, 0.25) is 0 Å². The lowest BCUT2D eigenvalue weighted by Crippen LogP contribution is -2.27. The molecular weight excluding hydrogens is 348 g/mol. The minimum absolute atomic E-state index is 0.0363. The van der Waals surface area contributed by atoms with E-state index >= 15 is 0 Å². The quantitative estimate of drug-likeness (QED) is 0.870. The van der Waals surface area contributed by atoms with Gasteiger partial charge in [0, 0.05) is 11.8 Å². The number of aliphatic hydroxyl groups excluding tert-OH is 1. The Morgan fingerprint density at radius 1 is 0.852 bits per heavy atom. The van der Waals surface area contributed by atoms with E-state index in [0.29, 0.717) is 37.6 Å². The highest BCUT2D eigenvalue weighted by Crippen LogP contribution is 2.37. The molecule has 0 unspecified atom stereocenters. The third-order valence-corrected chi connectivity index (χ3v) is 6.03. The highest BCUT2D eigenvalue weighted by Gasteiger charge is 2.47. The van der Waals surface area contributed by atoms with E-state index < -0.39 is 0 Å². The summed E-state index contributed by atoms with van der Waals surface area (Å²) in [5, 5.41) is 9.36. The van der Waals surface area contributed by atoms with Gasteiger partial charge in [-0.25, -0.2) is 0 Å². The fourth-order valence-electron chi connectivity index (χ4n) is 4.44. The Labute approximate surface area is 160 Å². The Bertz CT molecular complexity index is 582. The topological polar surface area (TPSA) is 66.4 Å². The van der Waals surface area contributed by atoms with Crippen molar-refractivity contribution in [2.45, 2.75) is 45.2 Å². The van der Waals surface area contributed by atoms with Crippen LogP contribution in [0.15, 0.2) is 30.3 Å². The molecule has 0 spiro atoms. The van der Waals surface area contributed by atoms with E-state index in [-0.39, 0.29) is 30.7 Å². The summed E-state index contributed by atoms with van der Waals surface area (Å²) in [5.41, 5.74) is 1.21. The van der Waals surface area contributed by atoms with Crippen LogP contribution in [0.4, 0.5) is 0 Å². The van der Waals surface area contributed by atoms with Crippen molar-refractivity contribution < 1.29 is 28.8 Å². The molecule has 4 aliphatic rings. The molecule has 8 atom stereocenters.